The Labute approximate surface area is 127 Å². The highest BCUT2D eigenvalue weighted by Crippen LogP contribution is 2.53. The maximum atomic E-state index is 4.89. The summed E-state index contributed by atoms with van der Waals surface area (Å²) in [4.78, 5) is 7.57. The first-order chi connectivity index (χ1) is 10.2. The summed E-state index contributed by atoms with van der Waals surface area (Å²) in [5.74, 6) is 4.26. The first-order valence-corrected chi connectivity index (χ1v) is 8.81. The van der Waals surface area contributed by atoms with Gasteiger partial charge in [0.15, 0.2) is 5.82 Å². The van der Waals surface area contributed by atoms with Crippen LogP contribution in [0.25, 0.3) is 0 Å². The van der Waals surface area contributed by atoms with Gasteiger partial charge in [-0.3, -0.25) is 5.10 Å². The quantitative estimate of drug-likeness (QED) is 0.924. The van der Waals surface area contributed by atoms with Crippen molar-refractivity contribution < 1.29 is 0 Å². The Balaban J connectivity index is 1.57. The zero-order valence-corrected chi connectivity index (χ0v) is 13.4. The Morgan fingerprint density at radius 2 is 2.05 bits per heavy atom. The molecule has 1 aromatic heterocycles. The van der Waals surface area contributed by atoms with Crippen LogP contribution in [0.3, 0.4) is 0 Å². The van der Waals surface area contributed by atoms with Gasteiger partial charge in [0.25, 0.3) is 0 Å². The minimum atomic E-state index is 0.481. The lowest BCUT2D eigenvalue weighted by Crippen LogP contribution is -2.29. The molecule has 0 bridgehead atoms. The van der Waals surface area contributed by atoms with Gasteiger partial charge < -0.3 is 4.90 Å². The molecule has 2 heterocycles. The second-order valence-electron chi connectivity index (χ2n) is 8.06. The van der Waals surface area contributed by atoms with Crippen LogP contribution in [0.2, 0.25) is 0 Å². The molecule has 4 heteroatoms. The van der Waals surface area contributed by atoms with E-state index in [-0.39, 0.29) is 0 Å². The molecule has 1 atom stereocenters. The number of hydrogen-bond acceptors (Lipinski definition) is 3. The molecule has 116 valence electrons. The van der Waals surface area contributed by atoms with Crippen LogP contribution in [0.4, 0.5) is 0 Å². The molecule has 1 spiro atoms. The van der Waals surface area contributed by atoms with Gasteiger partial charge in [-0.2, -0.15) is 5.10 Å². The zero-order chi connectivity index (χ0) is 14.4. The summed E-state index contributed by atoms with van der Waals surface area (Å²) in [6, 6.07) is 0. The normalized spacial score (nSPS) is 29.0. The second kappa shape index (κ2) is 5.08. The van der Waals surface area contributed by atoms with Crippen LogP contribution in [-0.2, 0) is 0 Å². The smallest absolute Gasteiger partial charge is 0.153 e. The molecule has 1 aliphatic heterocycles. The van der Waals surface area contributed by atoms with E-state index in [0.29, 0.717) is 17.3 Å². The average molecular weight is 288 g/mol. The van der Waals surface area contributed by atoms with E-state index in [1.807, 2.05) is 0 Å². The molecule has 4 rings (SSSR count). The van der Waals surface area contributed by atoms with Gasteiger partial charge in [0.05, 0.1) is 0 Å². The van der Waals surface area contributed by atoms with E-state index in [1.165, 1.54) is 64.0 Å². The van der Waals surface area contributed by atoms with Crippen molar-refractivity contribution >= 4 is 0 Å². The van der Waals surface area contributed by atoms with Crippen molar-refractivity contribution in [3.05, 3.63) is 11.6 Å². The van der Waals surface area contributed by atoms with Crippen molar-refractivity contribution in [2.45, 2.75) is 64.2 Å². The minimum absolute atomic E-state index is 0.481. The van der Waals surface area contributed by atoms with E-state index in [1.54, 1.807) is 0 Å². The lowest BCUT2D eigenvalue weighted by atomic mass is 9.76. The second-order valence-corrected chi connectivity index (χ2v) is 8.06. The molecule has 2 aliphatic carbocycles. The van der Waals surface area contributed by atoms with Gasteiger partial charge in [-0.1, -0.05) is 26.7 Å². The summed E-state index contributed by atoms with van der Waals surface area (Å²) < 4.78 is 0. The first kappa shape index (κ1) is 13.7. The largest absolute Gasteiger partial charge is 0.302 e. The summed E-state index contributed by atoms with van der Waals surface area (Å²) in [6.07, 6.45) is 8.13. The molecule has 3 aliphatic rings. The lowest BCUT2D eigenvalue weighted by Gasteiger charge is -2.28. The van der Waals surface area contributed by atoms with E-state index in [4.69, 9.17) is 4.98 Å². The molecule has 0 radical (unpaired) electrons. The van der Waals surface area contributed by atoms with E-state index in [9.17, 15) is 0 Å². The third kappa shape index (κ3) is 2.52. The highest BCUT2D eigenvalue weighted by molar-refractivity contribution is 5.15. The minimum Gasteiger partial charge on any atom is -0.302 e. The molecule has 0 aromatic carbocycles. The maximum Gasteiger partial charge on any atom is 0.153 e. The summed E-state index contributed by atoms with van der Waals surface area (Å²) in [5.41, 5.74) is 0.481. The Morgan fingerprint density at radius 1 is 1.29 bits per heavy atom. The Bertz CT molecular complexity index is 497. The fraction of sp³-hybridized carbons (Fsp3) is 0.882. The third-order valence-corrected chi connectivity index (χ3v) is 5.73. The molecule has 3 fully saturated rings. The summed E-state index contributed by atoms with van der Waals surface area (Å²) >= 11 is 0. The molecule has 21 heavy (non-hydrogen) atoms. The number of likely N-dealkylation sites (tertiary alicyclic amines) is 1. The summed E-state index contributed by atoms with van der Waals surface area (Å²) in [7, 11) is 0. The van der Waals surface area contributed by atoms with Gasteiger partial charge >= 0.3 is 0 Å². The van der Waals surface area contributed by atoms with Crippen LogP contribution >= 0.6 is 0 Å². The number of H-pyrrole nitrogens is 1. The predicted octanol–water partition coefficient (Wildman–Crippen LogP) is 3.30. The number of nitrogens with zero attached hydrogens (tertiary/aromatic N) is 3. The van der Waals surface area contributed by atoms with Gasteiger partial charge in [-0.05, 0) is 37.0 Å². The van der Waals surface area contributed by atoms with E-state index < -0.39 is 0 Å². The standard InChI is InChI=1S/C17H28N4/c1-12(2)9-21-10-14(17(11-21)7-3-4-8-17)16-18-15(19-20-16)13-5-6-13/h12-14H,3-11H2,1-2H3,(H,18,19,20). The molecule has 2 saturated carbocycles. The molecular formula is C17H28N4. The van der Waals surface area contributed by atoms with E-state index in [0.717, 1.165) is 11.7 Å². The van der Waals surface area contributed by atoms with E-state index in [2.05, 4.69) is 28.9 Å². The van der Waals surface area contributed by atoms with Gasteiger partial charge in [0.1, 0.15) is 5.82 Å². The van der Waals surface area contributed by atoms with Crippen molar-refractivity contribution in [1.29, 1.82) is 0 Å². The fourth-order valence-electron chi connectivity index (χ4n) is 4.66. The number of nitrogens with one attached hydrogen (secondary N) is 1. The number of hydrogen-bond donors (Lipinski definition) is 1. The molecule has 4 nitrogen and oxygen atoms in total. The monoisotopic (exact) mass is 288 g/mol. The predicted molar refractivity (Wildman–Crippen MR) is 83.3 cm³/mol. The maximum absolute atomic E-state index is 4.89. The van der Waals surface area contributed by atoms with Crippen molar-refractivity contribution in [2.75, 3.05) is 19.6 Å². The Morgan fingerprint density at radius 3 is 2.71 bits per heavy atom. The van der Waals surface area contributed by atoms with Crippen LogP contribution < -0.4 is 0 Å². The fourth-order valence-corrected chi connectivity index (χ4v) is 4.66. The van der Waals surface area contributed by atoms with Crippen molar-refractivity contribution in [3.8, 4) is 0 Å². The van der Waals surface area contributed by atoms with Crippen molar-refractivity contribution in [2.24, 2.45) is 11.3 Å². The Hall–Kier alpha value is -0.900. The molecule has 1 saturated heterocycles. The van der Waals surface area contributed by atoms with Crippen LogP contribution in [0.5, 0.6) is 0 Å². The molecule has 1 unspecified atom stereocenters. The number of aromatic nitrogens is 3. The highest BCUT2D eigenvalue weighted by atomic mass is 15.2. The topological polar surface area (TPSA) is 44.8 Å². The molecular weight excluding hydrogens is 260 g/mol. The van der Waals surface area contributed by atoms with Crippen LogP contribution in [0, 0.1) is 11.3 Å². The molecule has 1 N–H and O–H groups in total. The van der Waals surface area contributed by atoms with Gasteiger partial charge in [-0.15, -0.1) is 0 Å². The average Bonchev–Trinajstić information content (AvgIpc) is 2.88. The zero-order valence-electron chi connectivity index (χ0n) is 13.4. The van der Waals surface area contributed by atoms with Crippen LogP contribution in [0.1, 0.15) is 75.9 Å². The SMILES string of the molecule is CC(C)CN1CC(c2nc(C3CC3)n[nH]2)C2(CCCC2)C1. The lowest BCUT2D eigenvalue weighted by molar-refractivity contribution is 0.235. The third-order valence-electron chi connectivity index (χ3n) is 5.73. The van der Waals surface area contributed by atoms with Crippen molar-refractivity contribution in [1.82, 2.24) is 20.1 Å². The first-order valence-electron chi connectivity index (χ1n) is 8.81. The molecule has 1 aromatic rings. The summed E-state index contributed by atoms with van der Waals surface area (Å²) in [6.45, 7) is 8.33. The molecule has 0 amide bonds. The number of aromatic amines is 1. The van der Waals surface area contributed by atoms with Gasteiger partial charge in [-0.25, -0.2) is 4.98 Å². The van der Waals surface area contributed by atoms with Crippen molar-refractivity contribution in [3.63, 3.8) is 0 Å². The number of rotatable bonds is 4. The van der Waals surface area contributed by atoms with Gasteiger partial charge in [0.2, 0.25) is 0 Å². The van der Waals surface area contributed by atoms with E-state index >= 15 is 0 Å². The summed E-state index contributed by atoms with van der Waals surface area (Å²) in [5, 5.41) is 7.81. The van der Waals surface area contributed by atoms with Crippen LogP contribution in [0.15, 0.2) is 0 Å². The highest BCUT2D eigenvalue weighted by Gasteiger charge is 2.50. The van der Waals surface area contributed by atoms with Crippen LogP contribution in [-0.4, -0.2) is 39.7 Å². The Kier molecular flexibility index (Phi) is 3.32. The van der Waals surface area contributed by atoms with Gasteiger partial charge in [0, 0.05) is 31.5 Å².